The van der Waals surface area contributed by atoms with E-state index >= 15 is 0 Å². The molecule has 30 heavy (non-hydrogen) atoms. The Kier molecular flexibility index (Phi) is 5.26. The van der Waals surface area contributed by atoms with Crippen LogP contribution in [0, 0.1) is 20.8 Å². The predicted octanol–water partition coefficient (Wildman–Crippen LogP) is 5.25. The molecule has 0 radical (unpaired) electrons. The van der Waals surface area contributed by atoms with Gasteiger partial charge in [-0.25, -0.2) is 4.98 Å². The Morgan fingerprint density at radius 3 is 2.57 bits per heavy atom. The zero-order chi connectivity index (χ0) is 21.4. The molecule has 1 atom stereocenters. The molecule has 0 saturated heterocycles. The maximum Gasteiger partial charge on any atom is 0.263 e. The summed E-state index contributed by atoms with van der Waals surface area (Å²) in [6, 6.07) is 15.0. The van der Waals surface area contributed by atoms with E-state index in [9.17, 15) is 9.59 Å². The molecule has 0 fully saturated rings. The predicted molar refractivity (Wildman–Crippen MR) is 123 cm³/mol. The number of fused-ring (bicyclic) bond motifs is 1. The third kappa shape index (κ3) is 3.55. The smallest absolute Gasteiger partial charge is 0.263 e. The van der Waals surface area contributed by atoms with Crippen LogP contribution in [0.25, 0.3) is 21.3 Å². The Hall–Kier alpha value is -3.25. The van der Waals surface area contributed by atoms with E-state index in [4.69, 9.17) is 0 Å². The minimum Gasteiger partial charge on any atom is -0.324 e. The lowest BCUT2D eigenvalue weighted by Crippen LogP contribution is -2.32. The van der Waals surface area contributed by atoms with Gasteiger partial charge in [-0.2, -0.15) is 0 Å². The highest BCUT2D eigenvalue weighted by molar-refractivity contribution is 7.19. The van der Waals surface area contributed by atoms with E-state index < -0.39 is 6.04 Å². The SMILES string of the molecule is Cc1ccc(C)c(NC(=O)[C@H](C)n2cnc3sc(C)c(-c4ccccc4)c3c2=O)c1. The van der Waals surface area contributed by atoms with Crippen LogP contribution in [-0.2, 0) is 4.79 Å². The summed E-state index contributed by atoms with van der Waals surface area (Å²) >= 11 is 1.50. The Bertz CT molecular complexity index is 1310. The highest BCUT2D eigenvalue weighted by Crippen LogP contribution is 2.35. The standard InChI is InChI=1S/C24H23N3O2S/c1-14-10-11-15(2)19(12-14)26-22(28)16(3)27-13-25-23-21(24(27)29)20(17(4)30-23)18-8-6-5-7-9-18/h5-13,16H,1-4H3,(H,26,28)/t16-/m0/s1. The molecule has 1 N–H and O–H groups in total. The molecule has 5 nitrogen and oxygen atoms in total. The molecule has 2 heterocycles. The molecule has 0 aliphatic heterocycles. The van der Waals surface area contributed by atoms with Crippen LogP contribution in [0.1, 0.15) is 29.0 Å². The molecule has 1 amide bonds. The van der Waals surface area contributed by atoms with Gasteiger partial charge in [0.1, 0.15) is 10.9 Å². The average molecular weight is 418 g/mol. The van der Waals surface area contributed by atoms with E-state index in [2.05, 4.69) is 10.3 Å². The molecule has 0 aliphatic carbocycles. The molecule has 0 aliphatic rings. The lowest BCUT2D eigenvalue weighted by molar-refractivity contribution is -0.118. The fourth-order valence-electron chi connectivity index (χ4n) is 3.58. The first-order valence-electron chi connectivity index (χ1n) is 9.80. The zero-order valence-electron chi connectivity index (χ0n) is 17.4. The summed E-state index contributed by atoms with van der Waals surface area (Å²) in [5.74, 6) is -0.250. The number of nitrogens with zero attached hydrogens (tertiary/aromatic N) is 2. The highest BCUT2D eigenvalue weighted by Gasteiger charge is 2.22. The number of anilines is 1. The van der Waals surface area contributed by atoms with E-state index in [0.29, 0.717) is 10.2 Å². The van der Waals surface area contributed by atoms with Crippen LogP contribution in [0.3, 0.4) is 0 Å². The van der Waals surface area contributed by atoms with Gasteiger partial charge in [-0.3, -0.25) is 14.2 Å². The van der Waals surface area contributed by atoms with Crippen LogP contribution >= 0.6 is 11.3 Å². The lowest BCUT2D eigenvalue weighted by atomic mass is 10.0. The summed E-state index contributed by atoms with van der Waals surface area (Å²) in [5.41, 5.74) is 4.46. The average Bonchev–Trinajstić information content (AvgIpc) is 3.08. The van der Waals surface area contributed by atoms with Gasteiger partial charge < -0.3 is 5.32 Å². The molecule has 4 rings (SSSR count). The molecule has 0 saturated carbocycles. The Labute approximate surface area is 179 Å². The summed E-state index contributed by atoms with van der Waals surface area (Å²) in [5, 5.41) is 3.52. The van der Waals surface area contributed by atoms with E-state index in [1.807, 2.05) is 69.3 Å². The summed E-state index contributed by atoms with van der Waals surface area (Å²) in [4.78, 5) is 32.5. The van der Waals surface area contributed by atoms with Gasteiger partial charge in [0.15, 0.2) is 0 Å². The van der Waals surface area contributed by atoms with Crippen molar-refractivity contribution in [3.63, 3.8) is 0 Å². The molecule has 2 aromatic carbocycles. The van der Waals surface area contributed by atoms with E-state index in [1.54, 1.807) is 6.92 Å². The molecular formula is C24H23N3O2S. The van der Waals surface area contributed by atoms with E-state index in [-0.39, 0.29) is 11.5 Å². The van der Waals surface area contributed by atoms with Crippen molar-refractivity contribution in [3.8, 4) is 11.1 Å². The summed E-state index contributed by atoms with van der Waals surface area (Å²) in [6.45, 7) is 7.64. The number of aryl methyl sites for hydroxylation is 3. The van der Waals surface area contributed by atoms with Crippen LogP contribution in [-0.4, -0.2) is 15.5 Å². The van der Waals surface area contributed by atoms with Gasteiger partial charge in [0.05, 0.1) is 11.7 Å². The molecule has 152 valence electrons. The topological polar surface area (TPSA) is 64.0 Å². The summed E-state index contributed by atoms with van der Waals surface area (Å²) in [7, 11) is 0. The first-order chi connectivity index (χ1) is 14.4. The fourth-order valence-corrected chi connectivity index (χ4v) is 4.58. The highest BCUT2D eigenvalue weighted by atomic mass is 32.1. The first-order valence-corrected chi connectivity index (χ1v) is 10.6. The van der Waals surface area contributed by atoms with Crippen LogP contribution in [0.15, 0.2) is 59.7 Å². The van der Waals surface area contributed by atoms with Gasteiger partial charge in [-0.05, 0) is 50.5 Å². The third-order valence-corrected chi connectivity index (χ3v) is 6.34. The number of hydrogen-bond acceptors (Lipinski definition) is 4. The monoisotopic (exact) mass is 417 g/mol. The lowest BCUT2D eigenvalue weighted by Gasteiger charge is -2.16. The Balaban J connectivity index is 1.76. The largest absolute Gasteiger partial charge is 0.324 e. The van der Waals surface area contributed by atoms with Gasteiger partial charge in [0.25, 0.3) is 5.56 Å². The number of carbonyl (C=O) groups is 1. The van der Waals surface area contributed by atoms with Crippen molar-refractivity contribution < 1.29 is 4.79 Å². The minimum atomic E-state index is -0.696. The molecule has 6 heteroatoms. The van der Waals surface area contributed by atoms with Crippen molar-refractivity contribution in [3.05, 3.63) is 81.2 Å². The number of aromatic nitrogens is 2. The van der Waals surface area contributed by atoms with Crippen molar-refractivity contribution in [2.75, 3.05) is 5.32 Å². The van der Waals surface area contributed by atoms with Gasteiger partial charge in [0, 0.05) is 16.1 Å². The number of nitrogens with one attached hydrogen (secondary N) is 1. The zero-order valence-corrected chi connectivity index (χ0v) is 18.2. The van der Waals surface area contributed by atoms with Crippen molar-refractivity contribution in [1.29, 1.82) is 0 Å². The van der Waals surface area contributed by atoms with Gasteiger partial charge in [-0.15, -0.1) is 11.3 Å². The molecule has 0 spiro atoms. The minimum absolute atomic E-state index is 0.202. The van der Waals surface area contributed by atoms with E-state index in [0.717, 1.165) is 32.8 Å². The second-order valence-corrected chi connectivity index (χ2v) is 8.72. The molecule has 4 aromatic rings. The number of thiophene rings is 1. The summed E-state index contributed by atoms with van der Waals surface area (Å²) < 4.78 is 1.42. The Morgan fingerprint density at radius 2 is 1.83 bits per heavy atom. The molecular weight excluding hydrogens is 394 g/mol. The van der Waals surface area contributed by atoms with Gasteiger partial charge in [0.2, 0.25) is 5.91 Å². The number of hydrogen-bond donors (Lipinski definition) is 1. The van der Waals surface area contributed by atoms with Crippen LogP contribution in [0.5, 0.6) is 0 Å². The normalized spacial score (nSPS) is 12.1. The van der Waals surface area contributed by atoms with Crippen molar-refractivity contribution >= 4 is 33.1 Å². The number of rotatable bonds is 4. The van der Waals surface area contributed by atoms with Crippen LogP contribution in [0.4, 0.5) is 5.69 Å². The molecule has 0 unspecified atom stereocenters. The van der Waals surface area contributed by atoms with Crippen molar-refractivity contribution in [2.45, 2.75) is 33.7 Å². The second-order valence-electron chi connectivity index (χ2n) is 7.52. The first kappa shape index (κ1) is 20.0. The second kappa shape index (κ2) is 7.88. The maximum atomic E-state index is 13.4. The quantitative estimate of drug-likeness (QED) is 0.493. The number of benzene rings is 2. The van der Waals surface area contributed by atoms with Crippen molar-refractivity contribution in [2.24, 2.45) is 0 Å². The third-order valence-electron chi connectivity index (χ3n) is 5.32. The van der Waals surface area contributed by atoms with Gasteiger partial charge in [-0.1, -0.05) is 42.5 Å². The fraction of sp³-hybridized carbons (Fsp3) is 0.208. The summed E-state index contributed by atoms with van der Waals surface area (Å²) in [6.07, 6.45) is 1.47. The molecule has 2 aromatic heterocycles. The molecule has 0 bridgehead atoms. The van der Waals surface area contributed by atoms with Gasteiger partial charge >= 0.3 is 0 Å². The van der Waals surface area contributed by atoms with Crippen LogP contribution < -0.4 is 10.9 Å². The van der Waals surface area contributed by atoms with Crippen LogP contribution in [0.2, 0.25) is 0 Å². The van der Waals surface area contributed by atoms with E-state index in [1.165, 1.54) is 22.2 Å². The maximum absolute atomic E-state index is 13.4. The number of carbonyl (C=O) groups excluding carboxylic acids is 1. The number of amides is 1. The Morgan fingerprint density at radius 1 is 1.10 bits per heavy atom. The van der Waals surface area contributed by atoms with Crippen molar-refractivity contribution in [1.82, 2.24) is 9.55 Å².